The van der Waals surface area contributed by atoms with Crippen LogP contribution in [0.4, 0.5) is 14.5 Å². The molecule has 4 aromatic rings. The van der Waals surface area contributed by atoms with Crippen molar-refractivity contribution in [2.45, 2.75) is 44.7 Å². The summed E-state index contributed by atoms with van der Waals surface area (Å²) >= 11 is 0. The van der Waals surface area contributed by atoms with Crippen molar-refractivity contribution in [3.05, 3.63) is 131 Å². The van der Waals surface area contributed by atoms with Gasteiger partial charge < -0.3 is 10.2 Å². The summed E-state index contributed by atoms with van der Waals surface area (Å²) in [4.78, 5) is 29.1. The number of nitrogens with zero attached hydrogens (tertiary/aromatic N) is 2. The zero-order chi connectivity index (χ0) is 32.6. The molecule has 10 heteroatoms. The minimum Gasteiger partial charge on any atom is -0.354 e. The van der Waals surface area contributed by atoms with Gasteiger partial charge in [-0.1, -0.05) is 80.1 Å². The fourth-order valence-electron chi connectivity index (χ4n) is 4.76. The molecule has 0 aliphatic heterocycles. The van der Waals surface area contributed by atoms with Crippen molar-refractivity contribution >= 4 is 27.5 Å². The van der Waals surface area contributed by atoms with Crippen molar-refractivity contribution < 1.29 is 26.8 Å². The van der Waals surface area contributed by atoms with Gasteiger partial charge in [-0.25, -0.2) is 17.2 Å². The Hall–Kier alpha value is -4.57. The number of hydrogen-bond donors (Lipinski definition) is 1. The third-order valence-electron chi connectivity index (χ3n) is 7.26. The molecule has 45 heavy (non-hydrogen) atoms. The number of nitrogens with one attached hydrogen (secondary N) is 1. The maximum atomic E-state index is 15.0. The Bertz CT molecular complexity index is 1700. The molecular weight excluding hydrogens is 596 g/mol. The van der Waals surface area contributed by atoms with E-state index in [1.54, 1.807) is 30.3 Å². The lowest BCUT2D eigenvalue weighted by Gasteiger charge is -2.34. The topological polar surface area (TPSA) is 86.8 Å². The lowest BCUT2D eigenvalue weighted by Crippen LogP contribution is -2.53. The van der Waals surface area contributed by atoms with E-state index in [2.05, 4.69) is 5.32 Å². The average Bonchev–Trinajstić information content (AvgIpc) is 3.02. The number of sulfonamides is 1. The molecule has 4 aromatic carbocycles. The fraction of sp³-hybridized carbons (Fsp3) is 0.257. The third-order valence-corrected chi connectivity index (χ3v) is 9.04. The summed E-state index contributed by atoms with van der Waals surface area (Å²) in [6, 6.07) is 24.8. The molecule has 2 amide bonds. The van der Waals surface area contributed by atoms with Gasteiger partial charge in [-0.2, -0.15) is 0 Å². The van der Waals surface area contributed by atoms with Crippen molar-refractivity contribution in [2.75, 3.05) is 17.4 Å². The van der Waals surface area contributed by atoms with Gasteiger partial charge >= 0.3 is 0 Å². The Morgan fingerprint density at radius 3 is 2.07 bits per heavy atom. The second-order valence-electron chi connectivity index (χ2n) is 11.3. The molecule has 0 bridgehead atoms. The van der Waals surface area contributed by atoms with Gasteiger partial charge in [0.15, 0.2) is 0 Å². The van der Waals surface area contributed by atoms with Crippen LogP contribution < -0.4 is 9.62 Å². The first-order valence-corrected chi connectivity index (χ1v) is 16.1. The van der Waals surface area contributed by atoms with Crippen molar-refractivity contribution in [1.82, 2.24) is 10.2 Å². The smallest absolute Gasteiger partial charge is 0.264 e. The predicted octanol–water partition coefficient (Wildman–Crippen LogP) is 5.88. The van der Waals surface area contributed by atoms with E-state index in [9.17, 15) is 26.8 Å². The summed E-state index contributed by atoms with van der Waals surface area (Å²) in [5.74, 6) is -2.21. The van der Waals surface area contributed by atoms with Crippen molar-refractivity contribution in [3.63, 3.8) is 0 Å². The minimum absolute atomic E-state index is 0.111. The fourth-order valence-corrected chi connectivity index (χ4v) is 6.17. The van der Waals surface area contributed by atoms with Gasteiger partial charge in [-0.15, -0.1) is 0 Å². The van der Waals surface area contributed by atoms with Gasteiger partial charge in [0.05, 0.1) is 10.6 Å². The number of aryl methyl sites for hydroxylation is 1. The van der Waals surface area contributed by atoms with Crippen LogP contribution in [0.1, 0.15) is 30.5 Å². The number of amides is 2. The maximum Gasteiger partial charge on any atom is 0.264 e. The van der Waals surface area contributed by atoms with Crippen LogP contribution in [0.2, 0.25) is 0 Å². The van der Waals surface area contributed by atoms with Gasteiger partial charge in [0.25, 0.3) is 10.0 Å². The number of hydrogen-bond acceptors (Lipinski definition) is 4. The van der Waals surface area contributed by atoms with Gasteiger partial charge in [0.1, 0.15) is 24.2 Å². The number of halogens is 2. The van der Waals surface area contributed by atoms with Crippen LogP contribution in [0, 0.1) is 24.5 Å². The summed E-state index contributed by atoms with van der Waals surface area (Å²) in [5, 5.41) is 2.90. The highest BCUT2D eigenvalue weighted by Crippen LogP contribution is 2.26. The van der Waals surface area contributed by atoms with E-state index in [4.69, 9.17) is 0 Å². The van der Waals surface area contributed by atoms with Crippen LogP contribution in [-0.4, -0.2) is 44.3 Å². The zero-order valence-electron chi connectivity index (χ0n) is 25.5. The lowest BCUT2D eigenvalue weighted by atomic mass is 10.0. The van der Waals surface area contributed by atoms with Crippen LogP contribution in [0.5, 0.6) is 0 Å². The Morgan fingerprint density at radius 2 is 1.44 bits per heavy atom. The molecule has 236 valence electrons. The Balaban J connectivity index is 1.80. The van der Waals surface area contributed by atoms with Gasteiger partial charge in [-0.05, 0) is 60.9 Å². The first-order valence-electron chi connectivity index (χ1n) is 14.6. The summed E-state index contributed by atoms with van der Waals surface area (Å²) in [5.41, 5.74) is 2.01. The van der Waals surface area contributed by atoms with E-state index in [1.807, 2.05) is 51.1 Å². The molecule has 0 saturated carbocycles. The number of benzene rings is 4. The molecule has 0 aliphatic rings. The van der Waals surface area contributed by atoms with Crippen LogP contribution in [0.25, 0.3) is 0 Å². The van der Waals surface area contributed by atoms with Gasteiger partial charge in [0.2, 0.25) is 11.8 Å². The number of carbonyl (C=O) groups is 2. The standard InChI is InChI=1S/C35H37F2N3O4S/c1-25(2)22-38-35(42)33(21-27-9-5-4-6-10-27)39(23-28-11-7-8-12-32(28)37)34(41)24-40(30-17-13-26(3)14-18-30)45(43,44)31-19-15-29(36)16-20-31/h4-20,25,33H,21-24H2,1-3H3,(H,38,42)/t33-/m0/s1. The monoisotopic (exact) mass is 633 g/mol. The molecule has 0 spiro atoms. The van der Waals surface area contributed by atoms with Crippen molar-refractivity contribution in [2.24, 2.45) is 5.92 Å². The van der Waals surface area contributed by atoms with Crippen molar-refractivity contribution in [1.29, 1.82) is 0 Å². The second kappa shape index (κ2) is 14.9. The first kappa shape index (κ1) is 33.3. The predicted molar refractivity (Wildman–Crippen MR) is 171 cm³/mol. The maximum absolute atomic E-state index is 15.0. The van der Waals surface area contributed by atoms with E-state index >= 15 is 0 Å². The summed E-state index contributed by atoms with van der Waals surface area (Å²) in [6.45, 7) is 5.09. The minimum atomic E-state index is -4.38. The number of rotatable bonds is 13. The highest BCUT2D eigenvalue weighted by molar-refractivity contribution is 7.92. The lowest BCUT2D eigenvalue weighted by molar-refractivity contribution is -0.140. The SMILES string of the molecule is Cc1ccc(N(CC(=O)N(Cc2ccccc2F)[C@@H](Cc2ccccc2)C(=O)NCC(C)C)S(=O)(=O)c2ccc(F)cc2)cc1. The van der Waals surface area contributed by atoms with Crippen LogP contribution in [-0.2, 0) is 32.6 Å². The van der Waals surface area contributed by atoms with Crippen LogP contribution >= 0.6 is 0 Å². The molecule has 0 aliphatic carbocycles. The molecule has 0 unspecified atom stereocenters. The van der Waals surface area contributed by atoms with Crippen molar-refractivity contribution in [3.8, 4) is 0 Å². The van der Waals surface area contributed by atoms with E-state index in [-0.39, 0.29) is 35.0 Å². The third kappa shape index (κ3) is 8.76. The molecule has 0 saturated heterocycles. The zero-order valence-corrected chi connectivity index (χ0v) is 26.3. The molecule has 1 N–H and O–H groups in total. The first-order chi connectivity index (χ1) is 21.5. The second-order valence-corrected chi connectivity index (χ2v) is 13.1. The Morgan fingerprint density at radius 1 is 0.822 bits per heavy atom. The summed E-state index contributed by atoms with van der Waals surface area (Å²) < 4.78 is 57.6. The highest BCUT2D eigenvalue weighted by Gasteiger charge is 2.35. The normalized spacial score (nSPS) is 12.0. The molecule has 0 heterocycles. The summed E-state index contributed by atoms with van der Waals surface area (Å²) in [6.07, 6.45) is 0.111. The molecule has 7 nitrogen and oxygen atoms in total. The van der Waals surface area contributed by atoms with Crippen LogP contribution in [0.15, 0.2) is 108 Å². The van der Waals surface area contributed by atoms with Gasteiger partial charge in [-0.3, -0.25) is 13.9 Å². The van der Waals surface area contributed by atoms with E-state index in [1.165, 1.54) is 23.1 Å². The van der Waals surface area contributed by atoms with E-state index < -0.39 is 46.1 Å². The molecule has 1 atom stereocenters. The Kier molecular flexibility index (Phi) is 11.1. The van der Waals surface area contributed by atoms with Crippen LogP contribution in [0.3, 0.4) is 0 Å². The largest absolute Gasteiger partial charge is 0.354 e. The quantitative estimate of drug-likeness (QED) is 0.199. The molecule has 4 rings (SSSR count). The van der Waals surface area contributed by atoms with E-state index in [0.717, 1.165) is 39.7 Å². The Labute approximate surface area is 263 Å². The van der Waals surface area contributed by atoms with Gasteiger partial charge in [0, 0.05) is 25.1 Å². The number of anilines is 1. The van der Waals surface area contributed by atoms with E-state index in [0.29, 0.717) is 6.54 Å². The molecule has 0 radical (unpaired) electrons. The summed E-state index contributed by atoms with van der Waals surface area (Å²) in [7, 11) is -4.38. The average molecular weight is 634 g/mol. The molecule has 0 fully saturated rings. The molecular formula is C35H37F2N3O4S. The molecule has 0 aromatic heterocycles. The highest BCUT2D eigenvalue weighted by atomic mass is 32.2. The number of carbonyl (C=O) groups excluding carboxylic acids is 2.